The van der Waals surface area contributed by atoms with Crippen molar-refractivity contribution in [2.24, 2.45) is 0 Å². The highest BCUT2D eigenvalue weighted by Crippen LogP contribution is 1.88. The molecule has 0 heterocycles. The van der Waals surface area contributed by atoms with Crippen molar-refractivity contribution in [3.63, 3.8) is 0 Å². The molecule has 0 aliphatic rings. The summed E-state index contributed by atoms with van der Waals surface area (Å²) < 4.78 is 5.27. The highest BCUT2D eigenvalue weighted by atomic mass is 16.5. The monoisotopic (exact) mass is 159 g/mol. The molecule has 0 aromatic carbocycles. The van der Waals surface area contributed by atoms with Gasteiger partial charge < -0.3 is 10.1 Å². The molecular weight excluding hydrogens is 142 g/mol. The number of amides is 1. The van der Waals surface area contributed by atoms with Crippen LogP contribution in [0.2, 0.25) is 0 Å². The Kier molecular flexibility index (Phi) is 5.84. The summed E-state index contributed by atoms with van der Waals surface area (Å²) in [5.41, 5.74) is 0. The van der Waals surface area contributed by atoms with Crippen molar-refractivity contribution < 1.29 is 9.53 Å². The lowest BCUT2D eigenvalue weighted by molar-refractivity contribution is -0.119. The Balaban J connectivity index is 2.97. The first kappa shape index (κ1) is 10.4. The fraction of sp³-hybridized carbons (Fsp3) is 0.875. The highest BCUT2D eigenvalue weighted by Gasteiger charge is 1.93. The lowest BCUT2D eigenvalue weighted by Crippen LogP contribution is -2.22. The summed E-state index contributed by atoms with van der Waals surface area (Å²) in [5.74, 6) is 0.0227. The molecule has 0 aliphatic carbocycles. The molecule has 0 saturated carbocycles. The number of hydrogen-bond acceptors (Lipinski definition) is 2. The van der Waals surface area contributed by atoms with Crippen LogP contribution in [0, 0.1) is 0 Å². The van der Waals surface area contributed by atoms with Crippen LogP contribution in [0.1, 0.15) is 27.2 Å². The lowest BCUT2D eigenvalue weighted by Gasteiger charge is -2.06. The van der Waals surface area contributed by atoms with Gasteiger partial charge in [-0.1, -0.05) is 0 Å². The molecule has 3 nitrogen and oxygen atoms in total. The topological polar surface area (TPSA) is 38.3 Å². The maximum absolute atomic E-state index is 10.4. The van der Waals surface area contributed by atoms with Gasteiger partial charge in [0.05, 0.1) is 6.10 Å². The van der Waals surface area contributed by atoms with Gasteiger partial charge >= 0.3 is 0 Å². The van der Waals surface area contributed by atoms with E-state index < -0.39 is 0 Å². The molecule has 0 rings (SSSR count). The van der Waals surface area contributed by atoms with Crippen LogP contribution in [0.5, 0.6) is 0 Å². The molecule has 0 aliphatic heterocycles. The Morgan fingerprint density at radius 2 is 2.18 bits per heavy atom. The molecular formula is C8H17NO2. The molecule has 0 unspecified atom stereocenters. The van der Waals surface area contributed by atoms with E-state index >= 15 is 0 Å². The summed E-state index contributed by atoms with van der Waals surface area (Å²) in [4.78, 5) is 10.4. The Morgan fingerprint density at radius 3 is 2.64 bits per heavy atom. The van der Waals surface area contributed by atoms with Gasteiger partial charge in [-0.25, -0.2) is 0 Å². The fourth-order valence-electron chi connectivity index (χ4n) is 0.656. The van der Waals surface area contributed by atoms with Crippen LogP contribution in [0.3, 0.4) is 0 Å². The van der Waals surface area contributed by atoms with Gasteiger partial charge in [0.15, 0.2) is 0 Å². The van der Waals surface area contributed by atoms with Gasteiger partial charge in [0.1, 0.15) is 0 Å². The van der Waals surface area contributed by atoms with Crippen LogP contribution in [-0.2, 0) is 9.53 Å². The van der Waals surface area contributed by atoms with Gasteiger partial charge in [-0.2, -0.15) is 0 Å². The molecule has 0 fully saturated rings. The van der Waals surface area contributed by atoms with Gasteiger partial charge in [0.25, 0.3) is 0 Å². The Bertz CT molecular complexity index is 113. The first-order chi connectivity index (χ1) is 5.13. The molecule has 66 valence electrons. The maximum atomic E-state index is 10.4. The van der Waals surface area contributed by atoms with Crippen LogP contribution >= 0.6 is 0 Å². The molecule has 0 bridgehead atoms. The van der Waals surface area contributed by atoms with E-state index in [1.165, 1.54) is 6.92 Å². The van der Waals surface area contributed by atoms with Crippen molar-refractivity contribution >= 4 is 5.91 Å². The average Bonchev–Trinajstić information content (AvgIpc) is 1.85. The summed E-state index contributed by atoms with van der Waals surface area (Å²) >= 11 is 0. The van der Waals surface area contributed by atoms with Gasteiger partial charge in [0.2, 0.25) is 5.91 Å². The maximum Gasteiger partial charge on any atom is 0.216 e. The third-order valence-electron chi connectivity index (χ3n) is 1.15. The molecule has 11 heavy (non-hydrogen) atoms. The summed E-state index contributed by atoms with van der Waals surface area (Å²) in [7, 11) is 0. The van der Waals surface area contributed by atoms with Crippen LogP contribution < -0.4 is 5.32 Å². The zero-order chi connectivity index (χ0) is 8.69. The molecule has 3 heteroatoms. The van der Waals surface area contributed by atoms with E-state index in [1.54, 1.807) is 0 Å². The molecule has 1 amide bonds. The van der Waals surface area contributed by atoms with Crippen molar-refractivity contribution in [1.29, 1.82) is 0 Å². The Morgan fingerprint density at radius 1 is 1.55 bits per heavy atom. The predicted molar refractivity (Wildman–Crippen MR) is 44.4 cm³/mol. The van der Waals surface area contributed by atoms with Gasteiger partial charge in [-0.05, 0) is 20.3 Å². The second kappa shape index (κ2) is 6.16. The smallest absolute Gasteiger partial charge is 0.216 e. The summed E-state index contributed by atoms with van der Waals surface area (Å²) in [6.07, 6.45) is 1.17. The Labute approximate surface area is 68.1 Å². The predicted octanol–water partition coefficient (Wildman–Crippen LogP) is 0.938. The normalized spacial score (nSPS) is 10.2. The molecule has 0 atom stereocenters. The summed E-state index contributed by atoms with van der Waals surface area (Å²) in [6, 6.07) is 0. The van der Waals surface area contributed by atoms with Crippen LogP contribution in [0.25, 0.3) is 0 Å². The summed E-state index contributed by atoms with van der Waals surface area (Å²) in [5, 5.41) is 2.70. The van der Waals surface area contributed by atoms with E-state index in [4.69, 9.17) is 4.74 Å². The zero-order valence-electron chi connectivity index (χ0n) is 7.52. The van der Waals surface area contributed by atoms with Gasteiger partial charge in [0, 0.05) is 20.1 Å². The standard InChI is InChI=1S/C8H17NO2/c1-7(2)11-6-4-5-9-8(3)10/h7H,4-6H2,1-3H3,(H,9,10). The Hall–Kier alpha value is -0.570. The van der Waals surface area contributed by atoms with E-state index in [-0.39, 0.29) is 12.0 Å². The van der Waals surface area contributed by atoms with Crippen molar-refractivity contribution in [3.8, 4) is 0 Å². The summed E-state index contributed by atoms with van der Waals surface area (Å²) in [6.45, 7) is 6.94. The van der Waals surface area contributed by atoms with Crippen molar-refractivity contribution in [3.05, 3.63) is 0 Å². The molecule has 0 saturated heterocycles. The SMILES string of the molecule is CC(=O)NCCCOC(C)C. The van der Waals surface area contributed by atoms with Gasteiger partial charge in [-0.15, -0.1) is 0 Å². The van der Waals surface area contributed by atoms with Crippen molar-refractivity contribution in [1.82, 2.24) is 5.32 Å². The third-order valence-corrected chi connectivity index (χ3v) is 1.15. The number of ether oxygens (including phenoxy) is 1. The van der Waals surface area contributed by atoms with Gasteiger partial charge in [-0.3, -0.25) is 4.79 Å². The minimum atomic E-state index is 0.0227. The molecule has 0 radical (unpaired) electrons. The first-order valence-electron chi connectivity index (χ1n) is 3.99. The van der Waals surface area contributed by atoms with Crippen LogP contribution in [0.15, 0.2) is 0 Å². The second-order valence-corrected chi connectivity index (χ2v) is 2.76. The number of nitrogens with one attached hydrogen (secondary N) is 1. The van der Waals surface area contributed by atoms with Crippen LogP contribution in [0.4, 0.5) is 0 Å². The van der Waals surface area contributed by atoms with E-state index in [0.717, 1.165) is 13.0 Å². The minimum Gasteiger partial charge on any atom is -0.379 e. The van der Waals surface area contributed by atoms with E-state index in [2.05, 4.69) is 5.32 Å². The number of carbonyl (C=O) groups is 1. The highest BCUT2D eigenvalue weighted by molar-refractivity contribution is 5.72. The molecule has 0 aromatic heterocycles. The number of carbonyl (C=O) groups excluding carboxylic acids is 1. The van der Waals surface area contributed by atoms with E-state index in [0.29, 0.717) is 6.54 Å². The van der Waals surface area contributed by atoms with E-state index in [9.17, 15) is 4.79 Å². The fourth-order valence-corrected chi connectivity index (χ4v) is 0.656. The van der Waals surface area contributed by atoms with Crippen LogP contribution in [-0.4, -0.2) is 25.2 Å². The zero-order valence-corrected chi connectivity index (χ0v) is 7.52. The first-order valence-corrected chi connectivity index (χ1v) is 3.99. The number of hydrogen-bond donors (Lipinski definition) is 1. The molecule has 0 spiro atoms. The number of rotatable bonds is 5. The molecule has 1 N–H and O–H groups in total. The van der Waals surface area contributed by atoms with Crippen molar-refractivity contribution in [2.45, 2.75) is 33.3 Å². The third kappa shape index (κ3) is 9.43. The second-order valence-electron chi connectivity index (χ2n) is 2.76. The van der Waals surface area contributed by atoms with Crippen molar-refractivity contribution in [2.75, 3.05) is 13.2 Å². The van der Waals surface area contributed by atoms with E-state index in [1.807, 2.05) is 13.8 Å². The molecule has 0 aromatic rings. The minimum absolute atomic E-state index is 0.0227. The average molecular weight is 159 g/mol. The lowest BCUT2D eigenvalue weighted by atomic mass is 10.4. The largest absolute Gasteiger partial charge is 0.379 e. The quantitative estimate of drug-likeness (QED) is 0.606.